The fraction of sp³-hybridized carbons (Fsp3) is 0.222. The normalized spacial score (nSPS) is 12.2. The number of fused-ring (bicyclic) bond motifs is 1. The zero-order valence-electron chi connectivity index (χ0n) is 12.9. The van der Waals surface area contributed by atoms with Crippen molar-refractivity contribution in [2.24, 2.45) is 0 Å². The van der Waals surface area contributed by atoms with E-state index in [0.29, 0.717) is 13.0 Å². The molecule has 0 amide bonds. The summed E-state index contributed by atoms with van der Waals surface area (Å²) in [5.41, 5.74) is 2.93. The van der Waals surface area contributed by atoms with Gasteiger partial charge in [0.05, 0.1) is 0 Å². The molecule has 1 aromatic heterocycles. The summed E-state index contributed by atoms with van der Waals surface area (Å²) in [5, 5.41) is 11.8. The first-order valence-corrected chi connectivity index (χ1v) is 7.54. The summed E-state index contributed by atoms with van der Waals surface area (Å²) in [6.45, 7) is 2.08. The van der Waals surface area contributed by atoms with E-state index in [1.165, 1.54) is 0 Å². The van der Waals surface area contributed by atoms with Crippen molar-refractivity contribution in [1.82, 2.24) is 4.98 Å². The molecule has 1 atom stereocenters. The SMILES string of the molecule is CC(Cc1c[nH]c2cccc(OCc3ccccc3)c12)[N+](=O)[O-]. The van der Waals surface area contributed by atoms with Crippen LogP contribution in [0.3, 0.4) is 0 Å². The maximum absolute atomic E-state index is 10.9. The number of nitrogens with zero attached hydrogens (tertiary/aromatic N) is 1. The van der Waals surface area contributed by atoms with Crippen LogP contribution in [0.1, 0.15) is 18.1 Å². The quantitative estimate of drug-likeness (QED) is 0.553. The summed E-state index contributed by atoms with van der Waals surface area (Å²) in [6, 6.07) is 15.1. The van der Waals surface area contributed by atoms with Gasteiger partial charge >= 0.3 is 0 Å². The Kier molecular flexibility index (Phi) is 4.28. The van der Waals surface area contributed by atoms with Crippen molar-refractivity contribution in [2.75, 3.05) is 0 Å². The molecule has 0 spiro atoms. The van der Waals surface area contributed by atoms with Gasteiger partial charge in [-0.25, -0.2) is 0 Å². The first-order valence-electron chi connectivity index (χ1n) is 7.54. The van der Waals surface area contributed by atoms with E-state index in [4.69, 9.17) is 4.74 Å². The molecule has 1 heterocycles. The van der Waals surface area contributed by atoms with Crippen LogP contribution in [0.2, 0.25) is 0 Å². The second-order valence-corrected chi connectivity index (χ2v) is 5.61. The molecule has 118 valence electrons. The van der Waals surface area contributed by atoms with Crippen LogP contribution in [-0.2, 0) is 13.0 Å². The third kappa shape index (κ3) is 3.34. The minimum absolute atomic E-state index is 0.258. The first-order chi connectivity index (χ1) is 11.1. The highest BCUT2D eigenvalue weighted by Gasteiger charge is 2.18. The van der Waals surface area contributed by atoms with E-state index >= 15 is 0 Å². The monoisotopic (exact) mass is 310 g/mol. The van der Waals surface area contributed by atoms with Gasteiger partial charge in [0, 0.05) is 35.4 Å². The molecule has 3 aromatic rings. The van der Waals surface area contributed by atoms with Gasteiger partial charge in [0.2, 0.25) is 6.04 Å². The smallest absolute Gasteiger partial charge is 0.214 e. The lowest BCUT2D eigenvalue weighted by Gasteiger charge is -2.10. The van der Waals surface area contributed by atoms with Crippen LogP contribution in [0.15, 0.2) is 54.7 Å². The van der Waals surface area contributed by atoms with E-state index < -0.39 is 6.04 Å². The molecule has 0 bridgehead atoms. The molecule has 2 aromatic carbocycles. The number of rotatable bonds is 6. The van der Waals surface area contributed by atoms with Gasteiger partial charge in [0.25, 0.3) is 0 Å². The summed E-state index contributed by atoms with van der Waals surface area (Å²) in [6.07, 6.45) is 2.21. The molecule has 0 fully saturated rings. The van der Waals surface area contributed by atoms with Crippen LogP contribution in [0.4, 0.5) is 0 Å². The molecule has 23 heavy (non-hydrogen) atoms. The second kappa shape index (κ2) is 6.52. The van der Waals surface area contributed by atoms with E-state index in [1.54, 1.807) is 6.92 Å². The number of aromatic amines is 1. The van der Waals surface area contributed by atoms with Crippen molar-refractivity contribution in [1.29, 1.82) is 0 Å². The van der Waals surface area contributed by atoms with Crippen LogP contribution in [-0.4, -0.2) is 15.9 Å². The highest BCUT2D eigenvalue weighted by Crippen LogP contribution is 2.30. The molecule has 0 aliphatic heterocycles. The Bertz CT molecular complexity index is 812. The summed E-state index contributed by atoms with van der Waals surface area (Å²) in [5.74, 6) is 0.748. The fourth-order valence-corrected chi connectivity index (χ4v) is 2.63. The van der Waals surface area contributed by atoms with Gasteiger partial charge in [-0.3, -0.25) is 10.1 Å². The molecule has 0 saturated heterocycles. The van der Waals surface area contributed by atoms with Gasteiger partial charge in [-0.15, -0.1) is 0 Å². The van der Waals surface area contributed by atoms with Gasteiger partial charge in [-0.2, -0.15) is 0 Å². The summed E-state index contributed by atoms with van der Waals surface area (Å²) in [7, 11) is 0. The maximum Gasteiger partial charge on any atom is 0.214 e. The Morgan fingerprint density at radius 3 is 2.70 bits per heavy atom. The van der Waals surface area contributed by atoms with Crippen molar-refractivity contribution in [2.45, 2.75) is 26.0 Å². The van der Waals surface area contributed by atoms with Crippen molar-refractivity contribution in [3.63, 3.8) is 0 Å². The highest BCUT2D eigenvalue weighted by molar-refractivity contribution is 5.89. The number of nitro groups is 1. The molecule has 1 unspecified atom stereocenters. The van der Waals surface area contributed by atoms with Crippen LogP contribution in [0, 0.1) is 10.1 Å². The Morgan fingerprint density at radius 1 is 1.17 bits per heavy atom. The standard InChI is InChI=1S/C18H18N2O3/c1-13(20(21)22)10-15-11-19-16-8-5-9-17(18(15)16)23-12-14-6-3-2-4-7-14/h2-9,11,13,19H,10,12H2,1H3. The summed E-state index contributed by atoms with van der Waals surface area (Å²) in [4.78, 5) is 13.8. The van der Waals surface area contributed by atoms with Gasteiger partial charge in [0.15, 0.2) is 0 Å². The lowest BCUT2D eigenvalue weighted by atomic mass is 10.1. The number of nitrogens with one attached hydrogen (secondary N) is 1. The minimum Gasteiger partial charge on any atom is -0.488 e. The van der Waals surface area contributed by atoms with Gasteiger partial charge in [-0.05, 0) is 23.3 Å². The van der Waals surface area contributed by atoms with Crippen molar-refractivity contribution in [3.05, 3.63) is 76.0 Å². The molecule has 3 rings (SSSR count). The second-order valence-electron chi connectivity index (χ2n) is 5.61. The zero-order chi connectivity index (χ0) is 16.2. The summed E-state index contributed by atoms with van der Waals surface area (Å²) < 4.78 is 5.96. The lowest BCUT2D eigenvalue weighted by molar-refractivity contribution is -0.517. The van der Waals surface area contributed by atoms with Gasteiger partial charge < -0.3 is 9.72 Å². The van der Waals surface area contributed by atoms with Crippen molar-refractivity contribution in [3.8, 4) is 5.75 Å². The minimum atomic E-state index is -0.629. The molecular weight excluding hydrogens is 292 g/mol. The number of ether oxygens (including phenoxy) is 1. The van der Waals surface area contributed by atoms with Crippen molar-refractivity contribution >= 4 is 10.9 Å². The Hall–Kier alpha value is -2.82. The molecular formula is C18H18N2O3. The van der Waals surface area contributed by atoms with Gasteiger partial charge in [0.1, 0.15) is 12.4 Å². The largest absolute Gasteiger partial charge is 0.488 e. The molecule has 1 N–H and O–H groups in total. The van der Waals surface area contributed by atoms with E-state index in [0.717, 1.165) is 27.8 Å². The number of hydrogen-bond acceptors (Lipinski definition) is 3. The van der Waals surface area contributed by atoms with E-state index in [-0.39, 0.29) is 4.92 Å². The van der Waals surface area contributed by atoms with Crippen LogP contribution >= 0.6 is 0 Å². The number of benzene rings is 2. The van der Waals surface area contributed by atoms with Gasteiger partial charge in [-0.1, -0.05) is 36.4 Å². The molecule has 5 nitrogen and oxygen atoms in total. The van der Waals surface area contributed by atoms with Crippen LogP contribution in [0.5, 0.6) is 5.75 Å². The first kappa shape index (κ1) is 15.1. The fourth-order valence-electron chi connectivity index (χ4n) is 2.63. The zero-order valence-corrected chi connectivity index (χ0v) is 12.9. The van der Waals surface area contributed by atoms with E-state index in [9.17, 15) is 10.1 Å². The Labute approximate surface area is 134 Å². The molecule has 0 aliphatic carbocycles. The highest BCUT2D eigenvalue weighted by atomic mass is 16.6. The van der Waals surface area contributed by atoms with E-state index in [2.05, 4.69) is 4.98 Å². The lowest BCUT2D eigenvalue weighted by Crippen LogP contribution is -2.17. The average molecular weight is 310 g/mol. The predicted octanol–water partition coefficient (Wildman–Crippen LogP) is 3.95. The number of H-pyrrole nitrogens is 1. The van der Waals surface area contributed by atoms with E-state index in [1.807, 2.05) is 54.7 Å². The molecule has 0 aliphatic rings. The van der Waals surface area contributed by atoms with Crippen LogP contribution < -0.4 is 4.74 Å². The summed E-state index contributed by atoms with van der Waals surface area (Å²) >= 11 is 0. The molecule has 5 heteroatoms. The third-order valence-electron chi connectivity index (χ3n) is 3.86. The number of aromatic nitrogens is 1. The molecule has 0 radical (unpaired) electrons. The topological polar surface area (TPSA) is 68.2 Å². The van der Waals surface area contributed by atoms with Crippen molar-refractivity contribution < 1.29 is 9.66 Å². The maximum atomic E-state index is 10.9. The third-order valence-corrected chi connectivity index (χ3v) is 3.86. The average Bonchev–Trinajstić information content (AvgIpc) is 2.97. The number of hydrogen-bond donors (Lipinski definition) is 1. The van der Waals surface area contributed by atoms with Crippen LogP contribution in [0.25, 0.3) is 10.9 Å². The Morgan fingerprint density at radius 2 is 1.96 bits per heavy atom. The predicted molar refractivity (Wildman–Crippen MR) is 89.2 cm³/mol. The Balaban J connectivity index is 1.87. The molecule has 0 saturated carbocycles.